The molecule has 136 valence electrons. The Hall–Kier alpha value is -1.06. The number of rotatable bonds is 5. The van der Waals surface area contributed by atoms with Crippen LogP contribution < -0.4 is 4.74 Å². The molecule has 1 fully saturated rings. The largest absolute Gasteiger partial charge is 0.490 e. The van der Waals surface area contributed by atoms with Gasteiger partial charge in [-0.2, -0.15) is 0 Å². The van der Waals surface area contributed by atoms with Gasteiger partial charge in [-0.05, 0) is 49.7 Å². The second-order valence-electron chi connectivity index (χ2n) is 8.88. The molecule has 3 heteroatoms. The Morgan fingerprint density at radius 2 is 1.75 bits per heavy atom. The minimum Gasteiger partial charge on any atom is -0.490 e. The van der Waals surface area contributed by atoms with Crippen LogP contribution in [-0.2, 0) is 5.41 Å². The highest BCUT2D eigenvalue weighted by Crippen LogP contribution is 2.32. The van der Waals surface area contributed by atoms with Gasteiger partial charge in [0.05, 0.1) is 20.1 Å². The zero-order valence-electron chi connectivity index (χ0n) is 16.3. The van der Waals surface area contributed by atoms with Crippen LogP contribution in [0.5, 0.6) is 5.75 Å². The van der Waals surface area contributed by atoms with Crippen molar-refractivity contribution >= 4 is 0 Å². The van der Waals surface area contributed by atoms with E-state index >= 15 is 0 Å². The van der Waals surface area contributed by atoms with Crippen LogP contribution in [0.25, 0.3) is 0 Å². The zero-order valence-corrected chi connectivity index (χ0v) is 16.3. The van der Waals surface area contributed by atoms with E-state index in [-0.39, 0.29) is 5.41 Å². The van der Waals surface area contributed by atoms with Gasteiger partial charge in [-0.3, -0.25) is 0 Å². The normalized spacial score (nSPS) is 19.6. The molecule has 0 amide bonds. The molecule has 2 rings (SSSR count). The molecule has 1 atom stereocenters. The highest BCUT2D eigenvalue weighted by molar-refractivity contribution is 5.41. The number of hydrogen-bond acceptors (Lipinski definition) is 2. The summed E-state index contributed by atoms with van der Waals surface area (Å²) in [6.07, 6.45) is 4.80. The number of aliphatic hydroxyl groups is 1. The summed E-state index contributed by atoms with van der Waals surface area (Å²) in [6, 6.07) is 6.33. The number of aliphatic hydroxyl groups excluding tert-OH is 1. The monoisotopic (exact) mass is 334 g/mol. The predicted octanol–water partition coefficient (Wildman–Crippen LogP) is 4.05. The summed E-state index contributed by atoms with van der Waals surface area (Å²) in [5.41, 5.74) is 2.50. The van der Waals surface area contributed by atoms with Gasteiger partial charge in [0.1, 0.15) is 25.0 Å². The fourth-order valence-corrected chi connectivity index (χ4v) is 3.74. The third-order valence-electron chi connectivity index (χ3n) is 5.17. The van der Waals surface area contributed by atoms with Crippen molar-refractivity contribution in [2.45, 2.75) is 64.9 Å². The molecule has 1 N–H and O–H groups in total. The molecule has 3 nitrogen and oxygen atoms in total. The smallest absolute Gasteiger partial charge is 0.137 e. The molecule has 0 unspecified atom stereocenters. The maximum absolute atomic E-state index is 10.5. The summed E-state index contributed by atoms with van der Waals surface area (Å²) >= 11 is 0. The first-order chi connectivity index (χ1) is 11.2. The number of likely N-dealkylation sites (tertiary alicyclic amines) is 1. The van der Waals surface area contributed by atoms with Crippen LogP contribution in [0, 0.1) is 6.92 Å². The maximum Gasteiger partial charge on any atom is 0.137 e. The van der Waals surface area contributed by atoms with E-state index in [0.29, 0.717) is 6.61 Å². The number of quaternary nitrogens is 1. The van der Waals surface area contributed by atoms with E-state index < -0.39 is 6.10 Å². The Labute approximate surface area is 148 Å². The summed E-state index contributed by atoms with van der Waals surface area (Å²) in [7, 11) is 2.28. The second-order valence-corrected chi connectivity index (χ2v) is 8.88. The van der Waals surface area contributed by atoms with Crippen molar-refractivity contribution in [1.29, 1.82) is 0 Å². The van der Waals surface area contributed by atoms with Gasteiger partial charge in [0.2, 0.25) is 0 Å². The summed E-state index contributed by atoms with van der Waals surface area (Å²) in [4.78, 5) is 0. The molecule has 24 heavy (non-hydrogen) atoms. The first-order valence-corrected chi connectivity index (χ1v) is 9.45. The van der Waals surface area contributed by atoms with Crippen LogP contribution in [-0.4, -0.2) is 49.0 Å². The fourth-order valence-electron chi connectivity index (χ4n) is 3.74. The first-order valence-electron chi connectivity index (χ1n) is 9.45. The Bertz CT molecular complexity index is 525. The lowest BCUT2D eigenvalue weighted by atomic mass is 9.85. The number of likely N-dealkylation sites (N-methyl/N-ethyl adjacent to an activating group) is 1. The average Bonchev–Trinajstić information content (AvgIpc) is 2.69. The van der Waals surface area contributed by atoms with Crippen LogP contribution >= 0.6 is 0 Å². The molecular formula is C21H36NO2+. The fraction of sp³-hybridized carbons (Fsp3) is 0.714. The Kier molecular flexibility index (Phi) is 6.33. The average molecular weight is 335 g/mol. The number of hydrogen-bond donors (Lipinski definition) is 1. The Morgan fingerprint density at radius 3 is 2.33 bits per heavy atom. The van der Waals surface area contributed by atoms with Gasteiger partial charge in [0, 0.05) is 0 Å². The van der Waals surface area contributed by atoms with Crippen LogP contribution in [0.2, 0.25) is 0 Å². The van der Waals surface area contributed by atoms with Gasteiger partial charge in [-0.25, -0.2) is 0 Å². The molecule has 0 radical (unpaired) electrons. The summed E-state index contributed by atoms with van der Waals surface area (Å²) in [5, 5.41) is 10.5. The molecule has 0 aromatic heterocycles. The zero-order chi connectivity index (χ0) is 17.8. The molecule has 0 saturated carbocycles. The molecule has 0 aliphatic carbocycles. The van der Waals surface area contributed by atoms with Crippen molar-refractivity contribution in [3.63, 3.8) is 0 Å². The van der Waals surface area contributed by atoms with Gasteiger partial charge in [0.15, 0.2) is 0 Å². The molecule has 1 aliphatic rings. The third kappa shape index (κ3) is 5.49. The van der Waals surface area contributed by atoms with Crippen molar-refractivity contribution in [2.24, 2.45) is 0 Å². The quantitative estimate of drug-likeness (QED) is 0.823. The predicted molar refractivity (Wildman–Crippen MR) is 101 cm³/mol. The van der Waals surface area contributed by atoms with E-state index in [4.69, 9.17) is 4.74 Å². The molecule has 1 saturated heterocycles. The van der Waals surface area contributed by atoms with Crippen LogP contribution in [0.4, 0.5) is 0 Å². The topological polar surface area (TPSA) is 29.5 Å². The molecule has 0 bridgehead atoms. The Morgan fingerprint density at radius 1 is 1.12 bits per heavy atom. The minimum atomic E-state index is -0.415. The summed E-state index contributed by atoms with van der Waals surface area (Å²) in [5.74, 6) is 0.908. The van der Waals surface area contributed by atoms with Crippen molar-refractivity contribution < 1.29 is 14.3 Å². The number of benzene rings is 1. The molecule has 0 spiro atoms. The van der Waals surface area contributed by atoms with Gasteiger partial charge in [-0.15, -0.1) is 0 Å². The van der Waals surface area contributed by atoms with Gasteiger partial charge < -0.3 is 14.3 Å². The highest BCUT2D eigenvalue weighted by Gasteiger charge is 2.27. The number of nitrogens with zero attached hydrogens (tertiary/aromatic N) is 1. The van der Waals surface area contributed by atoms with E-state index in [9.17, 15) is 5.11 Å². The van der Waals surface area contributed by atoms with Crippen molar-refractivity contribution in [1.82, 2.24) is 0 Å². The number of aryl methyl sites for hydroxylation is 1. The second kappa shape index (κ2) is 7.88. The van der Waals surface area contributed by atoms with Gasteiger partial charge in [0.25, 0.3) is 0 Å². The molecule has 1 aromatic carbocycles. The lowest BCUT2D eigenvalue weighted by Gasteiger charge is -2.35. The van der Waals surface area contributed by atoms with E-state index in [1.165, 1.54) is 49.9 Å². The molecule has 1 aliphatic heterocycles. The van der Waals surface area contributed by atoms with Crippen LogP contribution in [0.1, 0.15) is 57.6 Å². The van der Waals surface area contributed by atoms with Crippen molar-refractivity contribution in [2.75, 3.05) is 33.3 Å². The summed E-state index contributed by atoms with van der Waals surface area (Å²) in [6.45, 7) is 12.2. The minimum absolute atomic E-state index is 0.0373. The first kappa shape index (κ1) is 19.3. The van der Waals surface area contributed by atoms with Gasteiger partial charge in [-0.1, -0.05) is 38.5 Å². The van der Waals surface area contributed by atoms with E-state index in [2.05, 4.69) is 46.9 Å². The van der Waals surface area contributed by atoms with Crippen LogP contribution in [0.3, 0.4) is 0 Å². The van der Waals surface area contributed by atoms with E-state index in [0.717, 1.165) is 16.8 Å². The highest BCUT2D eigenvalue weighted by atomic mass is 16.5. The molecular weight excluding hydrogens is 298 g/mol. The van der Waals surface area contributed by atoms with Gasteiger partial charge >= 0.3 is 0 Å². The lowest BCUT2D eigenvalue weighted by molar-refractivity contribution is -0.911. The van der Waals surface area contributed by atoms with Crippen molar-refractivity contribution in [3.8, 4) is 5.75 Å². The lowest BCUT2D eigenvalue weighted by Crippen LogP contribution is -2.50. The molecule has 1 aromatic rings. The third-order valence-corrected chi connectivity index (χ3v) is 5.17. The van der Waals surface area contributed by atoms with Crippen molar-refractivity contribution in [3.05, 3.63) is 29.3 Å². The summed E-state index contributed by atoms with van der Waals surface area (Å²) < 4.78 is 7.01. The van der Waals surface area contributed by atoms with E-state index in [1.54, 1.807) is 0 Å². The standard InChI is InChI=1S/C21H36NO2/c1-17-10-11-20(19(14-17)21(2,3)4)24-16-18(23)15-22(5)12-8-6-7-9-13-22/h10-11,14,18,23H,6-9,12-13,15-16H2,1-5H3/q+1/t18-/m1/s1. The van der Waals surface area contributed by atoms with E-state index in [1.807, 2.05) is 6.07 Å². The maximum atomic E-state index is 10.5. The molecule has 1 heterocycles. The van der Waals surface area contributed by atoms with Crippen LogP contribution in [0.15, 0.2) is 18.2 Å². The Balaban J connectivity index is 1.97. The number of ether oxygens (including phenoxy) is 1. The SMILES string of the molecule is Cc1ccc(OC[C@H](O)C[N+]2(C)CCCCCC2)c(C(C)(C)C)c1.